The third-order valence-corrected chi connectivity index (χ3v) is 10.6. The normalized spacial score (nSPS) is 12.8. The van der Waals surface area contributed by atoms with E-state index in [0.717, 1.165) is 0 Å². The fraction of sp³-hybridized carbons (Fsp3) is 0.900. The molecule has 0 bridgehead atoms. The van der Waals surface area contributed by atoms with Crippen molar-refractivity contribution in [3.8, 4) is 0 Å². The maximum Gasteiger partial charge on any atom is 0.321 e. The summed E-state index contributed by atoms with van der Waals surface area (Å²) >= 11 is 0. The first-order chi connectivity index (χ1) is 12.3. The van der Waals surface area contributed by atoms with Gasteiger partial charge in [-0.05, 0) is 0 Å². The van der Waals surface area contributed by atoms with Gasteiger partial charge in [0.15, 0.2) is 0 Å². The second-order valence-electron chi connectivity index (χ2n) is 7.46. The Morgan fingerprint density at radius 3 is 1.23 bits per heavy atom. The number of carboxylic acid groups (broad SMARTS) is 2. The summed E-state index contributed by atoms with van der Waals surface area (Å²) in [6, 6.07) is -1.29. The third-order valence-electron chi connectivity index (χ3n) is 4.95. The zero-order valence-electron chi connectivity index (χ0n) is 17.6. The van der Waals surface area contributed by atoms with Gasteiger partial charge in [-0.1, -0.05) is 0 Å². The Morgan fingerprint density at radius 1 is 0.769 bits per heavy atom. The molecule has 26 heavy (non-hydrogen) atoms. The standard InChI is InChI=1S/C16H37P.C4H7NO4/c1-5-9-13-17(14-10-6-2,15-11-7-3)16-12-8-4;5-2(4(8)9)1-3(6)7/h17H,5-16H2,1-4H3;2H,1,5H2,(H,6,7)(H,8,9). The fourth-order valence-electron chi connectivity index (χ4n) is 3.23. The number of carboxylic acids is 2. The molecule has 4 N–H and O–H groups in total. The minimum absolute atomic E-state index is 0.532. The second kappa shape index (κ2) is 17.7. The molecule has 0 fully saturated rings. The van der Waals surface area contributed by atoms with Crippen molar-refractivity contribution in [2.45, 2.75) is 91.5 Å². The van der Waals surface area contributed by atoms with E-state index in [2.05, 4.69) is 27.7 Å². The quantitative estimate of drug-likeness (QED) is 0.347. The van der Waals surface area contributed by atoms with E-state index in [0.29, 0.717) is 0 Å². The van der Waals surface area contributed by atoms with Crippen molar-refractivity contribution in [1.82, 2.24) is 0 Å². The van der Waals surface area contributed by atoms with E-state index < -0.39 is 31.7 Å². The molecule has 1 atom stereocenters. The predicted octanol–water partition coefficient (Wildman–Crippen LogP) is 4.81. The van der Waals surface area contributed by atoms with Crippen molar-refractivity contribution in [3.05, 3.63) is 0 Å². The molecule has 0 amide bonds. The van der Waals surface area contributed by atoms with Gasteiger partial charge >= 0.3 is 123 Å². The molecule has 0 saturated heterocycles. The van der Waals surface area contributed by atoms with Gasteiger partial charge in [-0.25, -0.2) is 0 Å². The predicted molar refractivity (Wildman–Crippen MR) is 115 cm³/mol. The van der Waals surface area contributed by atoms with Crippen molar-refractivity contribution in [3.63, 3.8) is 0 Å². The van der Waals surface area contributed by atoms with E-state index >= 15 is 0 Å². The van der Waals surface area contributed by atoms with Gasteiger partial charge in [0.2, 0.25) is 0 Å². The van der Waals surface area contributed by atoms with Crippen molar-refractivity contribution in [2.24, 2.45) is 5.73 Å². The fourth-order valence-corrected chi connectivity index (χ4v) is 9.15. The van der Waals surface area contributed by atoms with Crippen LogP contribution in [0.2, 0.25) is 0 Å². The van der Waals surface area contributed by atoms with Gasteiger partial charge in [0.25, 0.3) is 0 Å². The number of hydrogen-bond donors (Lipinski definition) is 3. The molecular formula is C20H44NO4P. The summed E-state index contributed by atoms with van der Waals surface area (Å²) in [5.74, 6) is -2.50. The van der Waals surface area contributed by atoms with Gasteiger partial charge in [-0.3, -0.25) is 9.59 Å². The summed E-state index contributed by atoms with van der Waals surface area (Å²) in [6.07, 6.45) is 17.6. The Labute approximate surface area is 161 Å². The number of nitrogens with two attached hydrogens (primary N) is 1. The summed E-state index contributed by atoms with van der Waals surface area (Å²) in [4.78, 5) is 19.6. The maximum absolute atomic E-state index is 9.85. The summed E-state index contributed by atoms with van der Waals surface area (Å²) in [5.41, 5.74) is 4.84. The van der Waals surface area contributed by atoms with E-state index in [1.807, 2.05) is 0 Å². The summed E-state index contributed by atoms with van der Waals surface area (Å²) in [5, 5.41) is 16.0. The van der Waals surface area contributed by atoms with Gasteiger partial charge in [0.05, 0.1) is 6.42 Å². The van der Waals surface area contributed by atoms with Crippen LogP contribution in [0.15, 0.2) is 0 Å². The summed E-state index contributed by atoms with van der Waals surface area (Å²) in [6.45, 7) is 9.44. The molecule has 0 spiro atoms. The Hall–Kier alpha value is -0.670. The van der Waals surface area contributed by atoms with Crippen LogP contribution >= 0.6 is 7.26 Å². The number of carbonyl (C=O) groups is 2. The summed E-state index contributed by atoms with van der Waals surface area (Å²) < 4.78 is 0. The number of rotatable bonds is 15. The van der Waals surface area contributed by atoms with Gasteiger partial charge in [-0.15, -0.1) is 0 Å². The molecule has 0 heterocycles. The molecule has 0 aliphatic carbocycles. The minimum Gasteiger partial charge on any atom is -0.481 e. The van der Waals surface area contributed by atoms with Crippen LogP contribution in [0.1, 0.15) is 85.5 Å². The molecule has 0 rings (SSSR count). The van der Waals surface area contributed by atoms with Crippen LogP contribution in [0.5, 0.6) is 0 Å². The molecule has 0 aliphatic heterocycles. The van der Waals surface area contributed by atoms with E-state index in [1.54, 1.807) is 24.6 Å². The first-order valence-corrected chi connectivity index (χ1v) is 13.3. The van der Waals surface area contributed by atoms with E-state index in [4.69, 9.17) is 15.9 Å². The topological polar surface area (TPSA) is 101 Å². The van der Waals surface area contributed by atoms with Crippen molar-refractivity contribution in [2.75, 3.05) is 24.6 Å². The molecule has 1 unspecified atom stereocenters. The van der Waals surface area contributed by atoms with Crippen LogP contribution in [-0.2, 0) is 9.59 Å². The molecule has 0 radical (unpaired) electrons. The van der Waals surface area contributed by atoms with Crippen LogP contribution in [-0.4, -0.2) is 52.8 Å². The molecule has 0 aromatic rings. The number of hydrogen-bond acceptors (Lipinski definition) is 3. The monoisotopic (exact) mass is 393 g/mol. The van der Waals surface area contributed by atoms with Crippen LogP contribution in [0, 0.1) is 0 Å². The van der Waals surface area contributed by atoms with Gasteiger partial charge in [0.1, 0.15) is 6.04 Å². The molecule has 0 aliphatic rings. The smallest absolute Gasteiger partial charge is 0.321 e. The summed E-state index contributed by atoms with van der Waals surface area (Å²) in [7, 11) is -0.879. The zero-order valence-corrected chi connectivity index (χ0v) is 18.6. The van der Waals surface area contributed by atoms with Gasteiger partial charge < -0.3 is 15.9 Å². The minimum atomic E-state index is -1.29. The van der Waals surface area contributed by atoms with E-state index in [-0.39, 0.29) is 0 Å². The molecule has 158 valence electrons. The van der Waals surface area contributed by atoms with Crippen LogP contribution < -0.4 is 5.73 Å². The van der Waals surface area contributed by atoms with Crippen LogP contribution in [0.4, 0.5) is 0 Å². The molecular weight excluding hydrogens is 349 g/mol. The molecule has 0 aromatic heterocycles. The number of aliphatic carboxylic acids is 2. The first kappa shape index (κ1) is 27.5. The SMILES string of the molecule is CCCC[PH](CCCC)(CCCC)CCCC.NC(CC(=O)O)C(=O)O. The van der Waals surface area contributed by atoms with Crippen LogP contribution in [0.3, 0.4) is 0 Å². The molecule has 0 aromatic carbocycles. The van der Waals surface area contributed by atoms with Gasteiger partial charge in [-0.2, -0.15) is 0 Å². The maximum atomic E-state index is 9.85. The van der Waals surface area contributed by atoms with Gasteiger partial charge in [0, 0.05) is 0 Å². The Balaban J connectivity index is 0. The van der Waals surface area contributed by atoms with Crippen LogP contribution in [0.25, 0.3) is 0 Å². The third kappa shape index (κ3) is 15.6. The number of unbranched alkanes of at least 4 members (excludes halogenated alkanes) is 4. The van der Waals surface area contributed by atoms with E-state index in [1.165, 1.54) is 51.4 Å². The van der Waals surface area contributed by atoms with Crippen molar-refractivity contribution in [1.29, 1.82) is 0 Å². The average molecular weight is 394 g/mol. The first-order valence-electron chi connectivity index (χ1n) is 10.5. The Bertz CT molecular complexity index is 326. The zero-order chi connectivity index (χ0) is 20.4. The van der Waals surface area contributed by atoms with Crippen molar-refractivity contribution >= 4 is 19.2 Å². The molecule has 5 nitrogen and oxygen atoms in total. The Morgan fingerprint density at radius 2 is 1.08 bits per heavy atom. The second-order valence-corrected chi connectivity index (χ2v) is 12.5. The largest absolute Gasteiger partial charge is 0.481 e. The van der Waals surface area contributed by atoms with E-state index in [9.17, 15) is 9.59 Å². The molecule has 6 heteroatoms. The van der Waals surface area contributed by atoms with Crippen molar-refractivity contribution < 1.29 is 19.8 Å². The molecule has 0 saturated carbocycles. The average Bonchev–Trinajstić information content (AvgIpc) is 2.60. The Kier molecular flexibility index (Phi) is 18.8.